The molecule has 1 aliphatic rings. The molecule has 1 aromatic heterocycles. The van der Waals surface area contributed by atoms with Crippen molar-refractivity contribution in [2.75, 3.05) is 60.9 Å². The summed E-state index contributed by atoms with van der Waals surface area (Å²) in [5, 5.41) is -1.68. The van der Waals surface area contributed by atoms with Gasteiger partial charge in [0.2, 0.25) is 0 Å². The molecule has 0 radical (unpaired) electrons. The normalized spacial score (nSPS) is 18.7. The van der Waals surface area contributed by atoms with Gasteiger partial charge in [0, 0.05) is 40.4 Å². The van der Waals surface area contributed by atoms with Crippen molar-refractivity contribution < 1.29 is 60.7 Å². The highest BCUT2D eigenvalue weighted by Crippen LogP contribution is 2.53. The van der Waals surface area contributed by atoms with Crippen LogP contribution in [0.15, 0.2) is 17.1 Å². The summed E-state index contributed by atoms with van der Waals surface area (Å²) >= 11 is 1.07. The summed E-state index contributed by atoms with van der Waals surface area (Å²) in [6, 6.07) is 1.22. The number of phosphoric acid groups is 1. The zero-order valence-electron chi connectivity index (χ0n) is 37.3. The number of nitrogens with zero attached hydrogens (tertiary/aromatic N) is 3. The highest BCUT2D eigenvalue weighted by Gasteiger charge is 2.45. The van der Waals surface area contributed by atoms with Crippen LogP contribution in [0.5, 0.6) is 0 Å². The molecule has 0 aliphatic carbocycles. The van der Waals surface area contributed by atoms with Crippen molar-refractivity contribution >= 4 is 92.7 Å². The maximum Gasteiger partial charge on any atom is 0.474 e. The van der Waals surface area contributed by atoms with Gasteiger partial charge in [-0.3, -0.25) is 27.7 Å². The number of thioether (sulfide) groups is 1. The molecule has 350 valence electrons. The van der Waals surface area contributed by atoms with Crippen LogP contribution in [0.1, 0.15) is 95.4 Å². The molecule has 2 heterocycles. The van der Waals surface area contributed by atoms with Gasteiger partial charge in [0.25, 0.3) is 0 Å². The molecule has 61 heavy (non-hydrogen) atoms. The fourth-order valence-corrected chi connectivity index (χ4v) is 10.9. The molecule has 2 amide bonds. The van der Waals surface area contributed by atoms with Crippen LogP contribution in [0.3, 0.4) is 0 Å². The molecular weight excluding hydrogens is 917 g/mol. The summed E-state index contributed by atoms with van der Waals surface area (Å²) in [7, 11) is 1.60. The number of phosphoric ester groups is 1. The second-order valence-electron chi connectivity index (χ2n) is 17.6. The first-order valence-electron chi connectivity index (χ1n) is 19.6. The number of carbonyl (C=O) groups excluding carboxylic acids is 4. The van der Waals surface area contributed by atoms with Crippen molar-refractivity contribution in [3.8, 4) is 0 Å². The second kappa shape index (κ2) is 24.6. The van der Waals surface area contributed by atoms with Gasteiger partial charge in [-0.2, -0.15) is 9.88 Å². The summed E-state index contributed by atoms with van der Waals surface area (Å²) in [5.74, 6) is 0.248. The SMILES string of the molecule is C[C@H]1[C@H](F)[C@H](n2ccc(N(C(=O)OC(C)(C)C)C(=O)OC(C)(C)C)nc2=O)S[C@@H]1COP(=O)(OCCSSCCOC(=O)C(C)(C)C)OCCSSCCOC(=O)C(C)(C)C. The minimum atomic E-state index is -4.17. The number of rotatable bonds is 21. The highest BCUT2D eigenvalue weighted by molar-refractivity contribution is 8.77. The van der Waals surface area contributed by atoms with Crippen molar-refractivity contribution in [3.63, 3.8) is 0 Å². The van der Waals surface area contributed by atoms with Crippen LogP contribution >= 0.6 is 62.8 Å². The molecule has 0 N–H and O–H groups in total. The summed E-state index contributed by atoms with van der Waals surface area (Å²) in [6.07, 6.45) is -2.57. The number of hydrogen-bond acceptors (Lipinski definition) is 19. The molecular formula is C38H63FN3O13PS5. The molecule has 4 atom stereocenters. The Labute approximate surface area is 379 Å². The number of carbonyl (C=O) groups is 4. The highest BCUT2D eigenvalue weighted by atomic mass is 33.1. The van der Waals surface area contributed by atoms with Crippen LogP contribution in [0, 0.1) is 16.7 Å². The van der Waals surface area contributed by atoms with Gasteiger partial charge < -0.3 is 18.9 Å². The molecule has 16 nitrogen and oxygen atoms in total. The van der Waals surface area contributed by atoms with Gasteiger partial charge >= 0.3 is 37.6 Å². The van der Waals surface area contributed by atoms with Crippen LogP contribution in [0.4, 0.5) is 19.8 Å². The Balaban J connectivity index is 2.11. The number of anilines is 1. The minimum Gasteiger partial charge on any atom is -0.464 e. The average molecular weight is 980 g/mol. The van der Waals surface area contributed by atoms with Crippen molar-refractivity contribution in [1.82, 2.24) is 9.55 Å². The maximum absolute atomic E-state index is 15.9. The first kappa shape index (κ1) is 55.5. The molecule has 23 heteroatoms. The fourth-order valence-electron chi connectivity index (χ4n) is 4.50. The van der Waals surface area contributed by atoms with E-state index in [1.807, 2.05) is 0 Å². The topological polar surface area (TPSA) is 188 Å². The third kappa shape index (κ3) is 20.4. The monoisotopic (exact) mass is 979 g/mol. The van der Waals surface area contributed by atoms with Gasteiger partial charge in [-0.25, -0.2) is 23.3 Å². The molecule has 1 fully saturated rings. The van der Waals surface area contributed by atoms with Gasteiger partial charge in [0.15, 0.2) is 5.82 Å². The minimum absolute atomic E-state index is 0.00347. The molecule has 0 unspecified atom stereocenters. The predicted molar refractivity (Wildman–Crippen MR) is 244 cm³/mol. The van der Waals surface area contributed by atoms with Crippen LogP contribution in [0.2, 0.25) is 0 Å². The summed E-state index contributed by atoms with van der Waals surface area (Å²) < 4.78 is 69.4. The van der Waals surface area contributed by atoms with Crippen molar-refractivity contribution in [3.05, 3.63) is 22.7 Å². The van der Waals surface area contributed by atoms with E-state index < -0.39 is 70.4 Å². The van der Waals surface area contributed by atoms with E-state index in [-0.39, 0.29) is 50.8 Å². The lowest BCUT2D eigenvalue weighted by Crippen LogP contribution is -2.45. The summed E-state index contributed by atoms with van der Waals surface area (Å²) in [6.45, 7) is 22.2. The number of amides is 2. The van der Waals surface area contributed by atoms with E-state index in [4.69, 9.17) is 32.5 Å². The lowest BCUT2D eigenvalue weighted by Gasteiger charge is -2.28. The molecule has 0 saturated carbocycles. The molecule has 1 aromatic rings. The standard InChI is InChI=1S/C38H63FN3O13PS5/c1-25-26(61-29(28(25)39)41-15-14-27(40-32(41)45)42(33(46)54-37(8,9)10)34(47)55-38(11,12)13)24-53-56(48,51-18-22-59-57-20-16-49-30(43)35(2,3)4)52-19-23-60-58-21-17-50-31(44)36(5,6)7/h14-15,25-26,28-29H,16-24H2,1-13H3/t25-,26-,28+,29-/m1/s1. The summed E-state index contributed by atoms with van der Waals surface area (Å²) in [5.41, 5.74) is -4.11. The van der Waals surface area contributed by atoms with Gasteiger partial charge in [-0.15, -0.1) is 11.8 Å². The zero-order chi connectivity index (χ0) is 46.4. The van der Waals surface area contributed by atoms with E-state index in [2.05, 4.69) is 4.98 Å². The van der Waals surface area contributed by atoms with Crippen molar-refractivity contribution in [1.29, 1.82) is 0 Å². The number of alkyl halides is 1. The van der Waals surface area contributed by atoms with Gasteiger partial charge in [-0.05, 0) is 89.2 Å². The Bertz CT molecular complexity index is 1640. The number of aromatic nitrogens is 2. The lowest BCUT2D eigenvalue weighted by molar-refractivity contribution is -0.152. The molecule has 1 aliphatic heterocycles. The van der Waals surface area contributed by atoms with E-state index in [1.54, 1.807) is 90.0 Å². The molecule has 2 rings (SSSR count). The Kier molecular flexibility index (Phi) is 22.4. The van der Waals surface area contributed by atoms with Crippen molar-refractivity contribution in [2.24, 2.45) is 16.7 Å². The van der Waals surface area contributed by atoms with E-state index >= 15 is 4.39 Å². The van der Waals surface area contributed by atoms with Crippen LogP contribution in [0.25, 0.3) is 0 Å². The maximum atomic E-state index is 15.9. The third-order valence-corrected chi connectivity index (χ3v) is 15.4. The Morgan fingerprint density at radius 2 is 1.18 bits per heavy atom. The molecule has 0 bridgehead atoms. The van der Waals surface area contributed by atoms with Gasteiger partial charge in [-0.1, -0.05) is 50.1 Å². The number of halogens is 1. The van der Waals surface area contributed by atoms with E-state index in [0.717, 1.165) is 16.3 Å². The Morgan fingerprint density at radius 3 is 1.57 bits per heavy atom. The van der Waals surface area contributed by atoms with Crippen LogP contribution < -0.4 is 10.6 Å². The van der Waals surface area contributed by atoms with E-state index in [1.165, 1.54) is 55.4 Å². The van der Waals surface area contributed by atoms with Crippen molar-refractivity contribution in [2.45, 2.75) is 118 Å². The first-order chi connectivity index (χ1) is 28.0. The average Bonchev–Trinajstić information content (AvgIpc) is 3.39. The van der Waals surface area contributed by atoms with Gasteiger partial charge in [0.1, 0.15) is 36.0 Å². The predicted octanol–water partition coefficient (Wildman–Crippen LogP) is 9.61. The molecule has 0 spiro atoms. The number of ether oxygens (including phenoxy) is 4. The zero-order valence-corrected chi connectivity index (χ0v) is 42.3. The first-order valence-corrected chi connectivity index (χ1v) is 26.9. The Morgan fingerprint density at radius 1 is 0.754 bits per heavy atom. The number of imide groups is 1. The smallest absolute Gasteiger partial charge is 0.464 e. The largest absolute Gasteiger partial charge is 0.474 e. The second-order valence-corrected chi connectivity index (χ2v) is 26.0. The fraction of sp³-hybridized carbons (Fsp3) is 0.789. The quantitative estimate of drug-likeness (QED) is 0.0372. The van der Waals surface area contributed by atoms with E-state index in [9.17, 15) is 28.5 Å². The molecule has 1 saturated heterocycles. The van der Waals surface area contributed by atoms with Crippen LogP contribution in [-0.2, 0) is 46.7 Å². The number of esters is 2. The summed E-state index contributed by atoms with van der Waals surface area (Å²) in [4.78, 5) is 68.0. The van der Waals surface area contributed by atoms with E-state index in [0.29, 0.717) is 27.9 Å². The van der Waals surface area contributed by atoms with Gasteiger partial charge in [0.05, 0.1) is 30.7 Å². The van der Waals surface area contributed by atoms with Crippen LogP contribution in [-0.4, -0.2) is 112 Å². The lowest BCUT2D eigenvalue weighted by atomic mass is 9.97. The molecule has 0 aromatic carbocycles. The number of hydrogen-bond donors (Lipinski definition) is 0. The Hall–Kier alpha value is -1.65. The third-order valence-electron chi connectivity index (χ3n) is 7.57.